The lowest BCUT2D eigenvalue weighted by Crippen LogP contribution is -2.29. The lowest BCUT2D eigenvalue weighted by molar-refractivity contribution is 0.339. The fourth-order valence-electron chi connectivity index (χ4n) is 2.42. The molecule has 0 aromatic heterocycles. The van der Waals surface area contributed by atoms with Gasteiger partial charge in [-0.2, -0.15) is 0 Å². The zero-order chi connectivity index (χ0) is 15.2. The molecule has 0 amide bonds. The standard InChI is InChI=1S/C17H22N2O2/c1-4-21-15-7-5-6-13(11-15)17(19-18)16-9-8-14(20-3)10-12(16)2/h5-11,17,19H,4,18H2,1-3H3. The van der Waals surface area contributed by atoms with E-state index in [-0.39, 0.29) is 6.04 Å². The minimum Gasteiger partial charge on any atom is -0.497 e. The highest BCUT2D eigenvalue weighted by atomic mass is 16.5. The maximum Gasteiger partial charge on any atom is 0.119 e. The van der Waals surface area contributed by atoms with Crippen LogP contribution in [0.25, 0.3) is 0 Å². The van der Waals surface area contributed by atoms with E-state index >= 15 is 0 Å². The Bertz CT molecular complexity index is 599. The van der Waals surface area contributed by atoms with Gasteiger partial charge in [0.15, 0.2) is 0 Å². The van der Waals surface area contributed by atoms with Crippen LogP contribution in [0, 0.1) is 6.92 Å². The van der Waals surface area contributed by atoms with Crippen molar-refractivity contribution < 1.29 is 9.47 Å². The summed E-state index contributed by atoms with van der Waals surface area (Å²) in [4.78, 5) is 0. The molecule has 3 N–H and O–H groups in total. The molecule has 1 unspecified atom stereocenters. The van der Waals surface area contributed by atoms with Crippen molar-refractivity contribution in [3.8, 4) is 11.5 Å². The van der Waals surface area contributed by atoms with Crippen LogP contribution in [0.4, 0.5) is 0 Å². The van der Waals surface area contributed by atoms with Crippen molar-refractivity contribution in [1.29, 1.82) is 0 Å². The maximum atomic E-state index is 5.78. The van der Waals surface area contributed by atoms with Crippen LogP contribution in [0.15, 0.2) is 42.5 Å². The molecule has 0 bridgehead atoms. The van der Waals surface area contributed by atoms with Crippen molar-refractivity contribution in [2.75, 3.05) is 13.7 Å². The summed E-state index contributed by atoms with van der Waals surface area (Å²) in [6.45, 7) is 4.67. The predicted molar refractivity (Wildman–Crippen MR) is 84.5 cm³/mol. The number of nitrogens with two attached hydrogens (primary N) is 1. The van der Waals surface area contributed by atoms with E-state index < -0.39 is 0 Å². The summed E-state index contributed by atoms with van der Waals surface area (Å²) in [7, 11) is 1.67. The second-order valence-corrected chi connectivity index (χ2v) is 4.83. The monoisotopic (exact) mass is 286 g/mol. The number of aryl methyl sites for hydroxylation is 1. The second-order valence-electron chi connectivity index (χ2n) is 4.83. The van der Waals surface area contributed by atoms with E-state index in [2.05, 4.69) is 12.3 Å². The molecule has 0 radical (unpaired) electrons. The first-order valence-corrected chi connectivity index (χ1v) is 7.03. The summed E-state index contributed by atoms with van der Waals surface area (Å²) >= 11 is 0. The second kappa shape index (κ2) is 7.11. The van der Waals surface area contributed by atoms with Gasteiger partial charge in [-0.3, -0.25) is 5.84 Å². The Morgan fingerprint density at radius 1 is 1.14 bits per heavy atom. The number of hydrogen-bond acceptors (Lipinski definition) is 4. The highest BCUT2D eigenvalue weighted by Gasteiger charge is 2.15. The average molecular weight is 286 g/mol. The van der Waals surface area contributed by atoms with Gasteiger partial charge in [0.2, 0.25) is 0 Å². The summed E-state index contributed by atoms with van der Waals surface area (Å²) in [5.74, 6) is 7.47. The van der Waals surface area contributed by atoms with E-state index in [4.69, 9.17) is 15.3 Å². The number of rotatable bonds is 6. The summed E-state index contributed by atoms with van der Waals surface area (Å²) < 4.78 is 10.8. The normalized spacial score (nSPS) is 12.0. The fourth-order valence-corrected chi connectivity index (χ4v) is 2.42. The van der Waals surface area contributed by atoms with Gasteiger partial charge >= 0.3 is 0 Å². The van der Waals surface area contributed by atoms with E-state index in [0.717, 1.165) is 28.2 Å². The topological polar surface area (TPSA) is 56.5 Å². The minimum atomic E-state index is -0.0867. The van der Waals surface area contributed by atoms with Gasteiger partial charge in [0, 0.05) is 0 Å². The third kappa shape index (κ3) is 3.54. The van der Waals surface area contributed by atoms with E-state index in [1.807, 2.05) is 49.4 Å². The highest BCUT2D eigenvalue weighted by Crippen LogP contribution is 2.28. The van der Waals surface area contributed by atoms with Gasteiger partial charge < -0.3 is 9.47 Å². The molecule has 0 aliphatic rings. The van der Waals surface area contributed by atoms with Gasteiger partial charge in [0.05, 0.1) is 19.8 Å². The summed E-state index contributed by atoms with van der Waals surface area (Å²) in [6.07, 6.45) is 0. The SMILES string of the molecule is CCOc1cccc(C(NN)c2ccc(OC)cc2C)c1. The van der Waals surface area contributed by atoms with Gasteiger partial charge in [-0.25, -0.2) is 5.43 Å². The molecule has 4 heteroatoms. The molecule has 0 fully saturated rings. The van der Waals surface area contributed by atoms with E-state index in [0.29, 0.717) is 6.61 Å². The van der Waals surface area contributed by atoms with Crippen molar-refractivity contribution in [2.45, 2.75) is 19.9 Å². The molecule has 0 heterocycles. The molecule has 21 heavy (non-hydrogen) atoms. The average Bonchev–Trinajstić information content (AvgIpc) is 2.50. The zero-order valence-corrected chi connectivity index (χ0v) is 12.7. The Balaban J connectivity index is 2.37. The van der Waals surface area contributed by atoms with Gasteiger partial charge in [-0.15, -0.1) is 0 Å². The van der Waals surface area contributed by atoms with Gasteiger partial charge in [0.25, 0.3) is 0 Å². The van der Waals surface area contributed by atoms with Crippen LogP contribution in [0.2, 0.25) is 0 Å². The van der Waals surface area contributed by atoms with Crippen LogP contribution < -0.4 is 20.7 Å². The Labute approximate surface area is 125 Å². The Morgan fingerprint density at radius 2 is 1.95 bits per heavy atom. The number of hydrogen-bond donors (Lipinski definition) is 2. The van der Waals surface area contributed by atoms with Gasteiger partial charge in [0.1, 0.15) is 11.5 Å². The predicted octanol–water partition coefficient (Wildman–Crippen LogP) is 2.96. The smallest absolute Gasteiger partial charge is 0.119 e. The first kappa shape index (κ1) is 15.4. The van der Waals surface area contributed by atoms with Crippen LogP contribution in [0.3, 0.4) is 0 Å². The first-order valence-electron chi connectivity index (χ1n) is 7.03. The number of ether oxygens (including phenoxy) is 2. The van der Waals surface area contributed by atoms with Crippen molar-refractivity contribution in [3.63, 3.8) is 0 Å². The van der Waals surface area contributed by atoms with Crippen molar-refractivity contribution in [1.82, 2.24) is 5.43 Å². The molecular formula is C17H22N2O2. The number of nitrogens with one attached hydrogen (secondary N) is 1. The van der Waals surface area contributed by atoms with E-state index in [9.17, 15) is 0 Å². The van der Waals surface area contributed by atoms with Crippen molar-refractivity contribution >= 4 is 0 Å². The van der Waals surface area contributed by atoms with Crippen LogP contribution in [0.1, 0.15) is 29.7 Å². The Morgan fingerprint density at radius 3 is 2.57 bits per heavy atom. The van der Waals surface area contributed by atoms with Crippen molar-refractivity contribution in [3.05, 3.63) is 59.2 Å². The molecule has 0 spiro atoms. The largest absolute Gasteiger partial charge is 0.497 e. The third-order valence-corrected chi connectivity index (χ3v) is 3.46. The quantitative estimate of drug-likeness (QED) is 0.633. The minimum absolute atomic E-state index is 0.0867. The Hall–Kier alpha value is -2.04. The van der Waals surface area contributed by atoms with Crippen LogP contribution in [0.5, 0.6) is 11.5 Å². The van der Waals surface area contributed by atoms with Gasteiger partial charge in [-0.1, -0.05) is 18.2 Å². The lowest BCUT2D eigenvalue weighted by atomic mass is 9.95. The molecule has 0 saturated carbocycles. The Kier molecular flexibility index (Phi) is 5.20. The molecule has 2 rings (SSSR count). The molecule has 2 aromatic carbocycles. The fraction of sp³-hybridized carbons (Fsp3) is 0.294. The molecule has 1 atom stereocenters. The van der Waals surface area contributed by atoms with Crippen LogP contribution >= 0.6 is 0 Å². The highest BCUT2D eigenvalue weighted by molar-refractivity contribution is 5.42. The third-order valence-electron chi connectivity index (χ3n) is 3.46. The molecule has 112 valence electrons. The van der Waals surface area contributed by atoms with E-state index in [1.165, 1.54) is 0 Å². The summed E-state index contributed by atoms with van der Waals surface area (Å²) in [6, 6.07) is 13.9. The molecule has 4 nitrogen and oxygen atoms in total. The van der Waals surface area contributed by atoms with Gasteiger partial charge in [-0.05, 0) is 54.8 Å². The summed E-state index contributed by atoms with van der Waals surface area (Å²) in [5.41, 5.74) is 6.19. The number of hydrazine groups is 1. The van der Waals surface area contributed by atoms with Crippen LogP contribution in [-0.2, 0) is 0 Å². The maximum absolute atomic E-state index is 5.78. The summed E-state index contributed by atoms with van der Waals surface area (Å²) in [5, 5.41) is 0. The first-order chi connectivity index (χ1) is 10.2. The molecule has 0 saturated heterocycles. The molecule has 0 aliphatic heterocycles. The zero-order valence-electron chi connectivity index (χ0n) is 12.7. The number of benzene rings is 2. The van der Waals surface area contributed by atoms with Crippen LogP contribution in [-0.4, -0.2) is 13.7 Å². The van der Waals surface area contributed by atoms with Crippen molar-refractivity contribution in [2.24, 2.45) is 5.84 Å². The molecule has 0 aliphatic carbocycles. The molecular weight excluding hydrogens is 264 g/mol. The number of methoxy groups -OCH3 is 1. The van der Waals surface area contributed by atoms with E-state index in [1.54, 1.807) is 7.11 Å². The molecule has 2 aromatic rings. The lowest BCUT2D eigenvalue weighted by Gasteiger charge is -2.20.